The van der Waals surface area contributed by atoms with Gasteiger partial charge in [-0.05, 0) is 18.2 Å². The van der Waals surface area contributed by atoms with Gasteiger partial charge >= 0.3 is 18.3 Å². The fourth-order valence-electron chi connectivity index (χ4n) is 1.61. The molecule has 1 aliphatic rings. The molecule has 0 saturated carbocycles. The van der Waals surface area contributed by atoms with E-state index in [1.54, 1.807) is 0 Å². The Morgan fingerprint density at radius 1 is 1.00 bits per heavy atom. The van der Waals surface area contributed by atoms with Crippen LogP contribution in [0.2, 0.25) is 0 Å². The fourth-order valence-corrected chi connectivity index (χ4v) is 2.47. The highest BCUT2D eigenvalue weighted by Gasteiger charge is 2.38. The number of halogens is 6. The summed E-state index contributed by atoms with van der Waals surface area (Å²) in [5.74, 6) is -0.784. The van der Waals surface area contributed by atoms with E-state index in [0.29, 0.717) is 12.1 Å². The number of alkyl halides is 6. The maximum absolute atomic E-state index is 12.6. The third-order valence-corrected chi connectivity index (χ3v) is 3.55. The van der Waals surface area contributed by atoms with Gasteiger partial charge in [0.05, 0.1) is 16.9 Å². The van der Waals surface area contributed by atoms with Crippen LogP contribution in [-0.4, -0.2) is 11.7 Å². The lowest BCUT2D eigenvalue weighted by atomic mass is 10.1. The number of thioether (sulfide) groups is 1. The highest BCUT2D eigenvalue weighted by Crippen LogP contribution is 2.42. The molecule has 9 heteroatoms. The average Bonchev–Trinajstić information content (AvgIpc) is 2.73. The van der Waals surface area contributed by atoms with E-state index in [-0.39, 0.29) is 17.4 Å². The Bertz CT molecular complexity index is 504. The van der Waals surface area contributed by atoms with Crippen molar-refractivity contribution in [2.75, 3.05) is 5.75 Å². The molecule has 2 nitrogen and oxygen atoms in total. The first-order valence-electron chi connectivity index (χ1n) is 5.18. The summed E-state index contributed by atoms with van der Waals surface area (Å²) >= 11 is 0.836. The van der Waals surface area contributed by atoms with Crippen LogP contribution < -0.4 is 0 Å². The molecular formula is C11H6F6O2S. The molecule has 0 bridgehead atoms. The molecule has 2 rings (SSSR count). The van der Waals surface area contributed by atoms with Gasteiger partial charge in [0.15, 0.2) is 5.44 Å². The zero-order chi connectivity index (χ0) is 15.1. The zero-order valence-corrected chi connectivity index (χ0v) is 10.3. The van der Waals surface area contributed by atoms with Crippen LogP contribution in [0.15, 0.2) is 18.2 Å². The number of esters is 1. The van der Waals surface area contributed by atoms with Gasteiger partial charge in [-0.3, -0.25) is 4.79 Å². The molecular weight excluding hydrogens is 310 g/mol. The number of cyclic esters (lactones) is 1. The molecule has 1 aliphatic heterocycles. The number of benzene rings is 1. The molecule has 1 unspecified atom stereocenters. The fraction of sp³-hybridized carbons (Fsp3) is 0.364. The second-order valence-corrected chi connectivity index (χ2v) is 5.02. The Morgan fingerprint density at radius 2 is 1.50 bits per heavy atom. The summed E-state index contributed by atoms with van der Waals surface area (Å²) < 4.78 is 80.4. The number of ether oxygens (including phenoxy) is 1. The minimum absolute atomic E-state index is 0.0327. The van der Waals surface area contributed by atoms with Crippen molar-refractivity contribution in [1.29, 1.82) is 0 Å². The van der Waals surface area contributed by atoms with E-state index in [0.717, 1.165) is 11.8 Å². The molecule has 1 fully saturated rings. The van der Waals surface area contributed by atoms with Crippen molar-refractivity contribution in [3.63, 3.8) is 0 Å². The minimum Gasteiger partial charge on any atom is -0.446 e. The molecule has 0 N–H and O–H groups in total. The topological polar surface area (TPSA) is 26.3 Å². The lowest BCUT2D eigenvalue weighted by molar-refractivity contribution is -0.143. The number of carbonyl (C=O) groups is 1. The molecule has 1 atom stereocenters. The summed E-state index contributed by atoms with van der Waals surface area (Å²) in [5, 5.41) is 0. The summed E-state index contributed by atoms with van der Waals surface area (Å²) in [6.07, 6.45) is -9.83. The van der Waals surface area contributed by atoms with E-state index in [4.69, 9.17) is 0 Å². The van der Waals surface area contributed by atoms with Crippen LogP contribution in [0.5, 0.6) is 0 Å². The Kier molecular flexibility index (Phi) is 3.66. The maximum Gasteiger partial charge on any atom is 0.416 e. The minimum atomic E-state index is -4.91. The zero-order valence-electron chi connectivity index (χ0n) is 9.51. The second kappa shape index (κ2) is 4.87. The Hall–Kier alpha value is -1.38. The van der Waals surface area contributed by atoms with Gasteiger partial charge in [-0.15, -0.1) is 11.8 Å². The van der Waals surface area contributed by atoms with Crippen LogP contribution in [0.3, 0.4) is 0 Å². The van der Waals surface area contributed by atoms with Crippen LogP contribution in [-0.2, 0) is 21.9 Å². The van der Waals surface area contributed by atoms with Gasteiger partial charge in [0.2, 0.25) is 0 Å². The van der Waals surface area contributed by atoms with E-state index >= 15 is 0 Å². The van der Waals surface area contributed by atoms with E-state index in [1.807, 2.05) is 0 Å². The standard InChI is InChI=1S/C11H6F6O2S/c12-10(13,14)6-1-5(9-19-8(18)4-20-9)2-7(3-6)11(15,16)17/h1-3,9H,4H2. The molecule has 0 aromatic heterocycles. The molecule has 0 radical (unpaired) electrons. The van der Waals surface area contributed by atoms with Crippen LogP contribution in [0.25, 0.3) is 0 Å². The van der Waals surface area contributed by atoms with Crippen LogP contribution in [0, 0.1) is 0 Å². The van der Waals surface area contributed by atoms with E-state index in [1.165, 1.54) is 0 Å². The summed E-state index contributed by atoms with van der Waals surface area (Å²) in [4.78, 5) is 10.9. The first-order valence-corrected chi connectivity index (χ1v) is 6.23. The van der Waals surface area contributed by atoms with Crippen molar-refractivity contribution >= 4 is 17.7 Å². The molecule has 1 heterocycles. The SMILES string of the molecule is O=C1CSC(c2cc(C(F)(F)F)cc(C(F)(F)F)c2)O1. The van der Waals surface area contributed by atoms with Gasteiger partial charge in [0.1, 0.15) is 0 Å². The quantitative estimate of drug-likeness (QED) is 0.578. The van der Waals surface area contributed by atoms with E-state index in [9.17, 15) is 31.1 Å². The monoisotopic (exact) mass is 316 g/mol. The summed E-state index contributed by atoms with van der Waals surface area (Å²) in [6.45, 7) is 0. The highest BCUT2D eigenvalue weighted by molar-refractivity contribution is 8.00. The lowest BCUT2D eigenvalue weighted by Crippen LogP contribution is -2.12. The van der Waals surface area contributed by atoms with Gasteiger partial charge < -0.3 is 4.74 Å². The van der Waals surface area contributed by atoms with Crippen molar-refractivity contribution < 1.29 is 35.9 Å². The summed E-state index contributed by atoms with van der Waals surface area (Å²) in [6, 6.07) is 1.15. The summed E-state index contributed by atoms with van der Waals surface area (Å²) in [7, 11) is 0. The van der Waals surface area contributed by atoms with E-state index < -0.39 is 34.9 Å². The van der Waals surface area contributed by atoms with Crippen LogP contribution in [0.1, 0.15) is 22.1 Å². The van der Waals surface area contributed by atoms with Gasteiger partial charge in [-0.25, -0.2) is 0 Å². The smallest absolute Gasteiger partial charge is 0.416 e. The van der Waals surface area contributed by atoms with Crippen molar-refractivity contribution in [1.82, 2.24) is 0 Å². The second-order valence-electron chi connectivity index (χ2n) is 3.97. The third kappa shape index (κ3) is 3.20. The van der Waals surface area contributed by atoms with Gasteiger partial charge in [-0.1, -0.05) is 0 Å². The first kappa shape index (κ1) is 15.0. The molecule has 20 heavy (non-hydrogen) atoms. The summed E-state index contributed by atoms with van der Waals surface area (Å²) in [5.41, 5.74) is -4.33. The Morgan fingerprint density at radius 3 is 1.85 bits per heavy atom. The van der Waals surface area contributed by atoms with Crippen LogP contribution in [0.4, 0.5) is 26.3 Å². The lowest BCUT2D eigenvalue weighted by Gasteiger charge is -2.16. The molecule has 0 spiro atoms. The Balaban J connectivity index is 2.49. The molecule has 1 aromatic rings. The van der Waals surface area contributed by atoms with Crippen molar-refractivity contribution in [3.05, 3.63) is 34.9 Å². The molecule has 1 saturated heterocycles. The van der Waals surface area contributed by atoms with Crippen molar-refractivity contribution in [3.8, 4) is 0 Å². The van der Waals surface area contributed by atoms with Crippen molar-refractivity contribution in [2.24, 2.45) is 0 Å². The predicted octanol–water partition coefficient (Wildman–Crippen LogP) is 4.01. The van der Waals surface area contributed by atoms with Gasteiger partial charge in [0, 0.05) is 5.56 Å². The van der Waals surface area contributed by atoms with E-state index in [2.05, 4.69) is 4.74 Å². The average molecular weight is 316 g/mol. The van der Waals surface area contributed by atoms with Gasteiger partial charge in [-0.2, -0.15) is 26.3 Å². The molecule has 110 valence electrons. The largest absolute Gasteiger partial charge is 0.446 e. The third-order valence-electron chi connectivity index (χ3n) is 2.47. The number of hydrogen-bond acceptors (Lipinski definition) is 3. The predicted molar refractivity (Wildman–Crippen MR) is 57.7 cm³/mol. The molecule has 1 aromatic carbocycles. The molecule has 0 amide bonds. The number of hydrogen-bond donors (Lipinski definition) is 0. The number of rotatable bonds is 1. The van der Waals surface area contributed by atoms with Gasteiger partial charge in [0.25, 0.3) is 0 Å². The Labute approximate surface area is 113 Å². The maximum atomic E-state index is 12.6. The van der Waals surface area contributed by atoms with Crippen molar-refractivity contribution in [2.45, 2.75) is 17.8 Å². The molecule has 0 aliphatic carbocycles. The van der Waals surface area contributed by atoms with Crippen LogP contribution >= 0.6 is 11.8 Å². The number of carbonyl (C=O) groups excluding carboxylic acids is 1. The first-order chi connectivity index (χ1) is 9.07. The normalized spacial score (nSPS) is 20.1. The highest BCUT2D eigenvalue weighted by atomic mass is 32.2.